The van der Waals surface area contributed by atoms with Crippen molar-refractivity contribution in [3.05, 3.63) is 23.8 Å². The first kappa shape index (κ1) is 15.8. The van der Waals surface area contributed by atoms with Crippen LogP contribution in [0.3, 0.4) is 0 Å². The van der Waals surface area contributed by atoms with E-state index in [4.69, 9.17) is 10.5 Å². The first-order valence-corrected chi connectivity index (χ1v) is 7.96. The summed E-state index contributed by atoms with van der Waals surface area (Å²) in [5, 5.41) is 0. The van der Waals surface area contributed by atoms with E-state index >= 15 is 0 Å². The molecule has 1 aromatic rings. The first-order valence-electron chi connectivity index (χ1n) is 7.96. The molecule has 1 amide bonds. The molecule has 4 nitrogen and oxygen atoms in total. The molecular formula is C17H26N2O2. The summed E-state index contributed by atoms with van der Waals surface area (Å²) in [7, 11) is 0. The molecule has 2 atom stereocenters. The molecule has 0 spiro atoms. The standard InChI is InChI=1S/C17H26N2O2/c1-4-6-7-10-19-14-11-13(12(3)18)8-9-16(14)21-15(5-2)17(19)20/h8-9,11-12,15H,4-7,10,18H2,1-3H3. The summed E-state index contributed by atoms with van der Waals surface area (Å²) in [5.74, 6) is 0.866. The van der Waals surface area contributed by atoms with Gasteiger partial charge in [-0.15, -0.1) is 0 Å². The van der Waals surface area contributed by atoms with Crippen molar-refractivity contribution in [3.8, 4) is 5.75 Å². The Kier molecular flexibility index (Phi) is 5.23. The maximum atomic E-state index is 12.6. The third kappa shape index (κ3) is 3.38. The van der Waals surface area contributed by atoms with Crippen molar-refractivity contribution in [2.24, 2.45) is 5.73 Å². The van der Waals surface area contributed by atoms with Crippen molar-refractivity contribution in [3.63, 3.8) is 0 Å². The number of ether oxygens (including phenoxy) is 1. The second kappa shape index (κ2) is 6.94. The quantitative estimate of drug-likeness (QED) is 0.817. The predicted molar refractivity (Wildman–Crippen MR) is 85.6 cm³/mol. The van der Waals surface area contributed by atoms with Gasteiger partial charge >= 0.3 is 0 Å². The Morgan fingerprint density at radius 1 is 1.33 bits per heavy atom. The number of rotatable bonds is 6. The Morgan fingerprint density at radius 2 is 2.10 bits per heavy atom. The molecule has 0 radical (unpaired) electrons. The number of fused-ring (bicyclic) bond motifs is 1. The zero-order chi connectivity index (χ0) is 15.4. The lowest BCUT2D eigenvalue weighted by Gasteiger charge is -2.34. The van der Waals surface area contributed by atoms with Crippen LogP contribution in [0.25, 0.3) is 0 Å². The van der Waals surface area contributed by atoms with Crippen molar-refractivity contribution in [2.45, 2.75) is 58.6 Å². The predicted octanol–water partition coefficient (Wildman–Crippen LogP) is 3.40. The lowest BCUT2D eigenvalue weighted by molar-refractivity contribution is -0.126. The molecule has 2 rings (SSSR count). The van der Waals surface area contributed by atoms with Gasteiger partial charge < -0.3 is 15.4 Å². The van der Waals surface area contributed by atoms with Gasteiger partial charge in [-0.2, -0.15) is 0 Å². The number of carbonyl (C=O) groups is 1. The molecule has 0 saturated carbocycles. The van der Waals surface area contributed by atoms with E-state index in [1.54, 1.807) is 0 Å². The minimum atomic E-state index is -0.361. The van der Waals surface area contributed by atoms with Crippen molar-refractivity contribution >= 4 is 11.6 Å². The number of hydrogen-bond acceptors (Lipinski definition) is 3. The van der Waals surface area contributed by atoms with E-state index in [0.717, 1.165) is 42.8 Å². The van der Waals surface area contributed by atoms with Crippen LogP contribution < -0.4 is 15.4 Å². The molecule has 1 aromatic carbocycles. The van der Waals surface area contributed by atoms with Crippen molar-refractivity contribution in [2.75, 3.05) is 11.4 Å². The average Bonchev–Trinajstić information content (AvgIpc) is 2.48. The molecule has 0 aromatic heterocycles. The number of nitrogens with zero attached hydrogens (tertiary/aromatic N) is 1. The molecule has 2 unspecified atom stereocenters. The third-order valence-corrected chi connectivity index (χ3v) is 3.97. The summed E-state index contributed by atoms with van der Waals surface area (Å²) in [6.45, 7) is 6.84. The number of carbonyl (C=O) groups excluding carboxylic acids is 1. The third-order valence-electron chi connectivity index (χ3n) is 3.97. The van der Waals surface area contributed by atoms with E-state index in [9.17, 15) is 4.79 Å². The van der Waals surface area contributed by atoms with Crippen LogP contribution in [-0.2, 0) is 4.79 Å². The van der Waals surface area contributed by atoms with Crippen LogP contribution in [0.1, 0.15) is 58.1 Å². The van der Waals surface area contributed by atoms with Crippen LogP contribution in [0.2, 0.25) is 0 Å². The molecule has 1 aliphatic heterocycles. The number of nitrogens with two attached hydrogens (primary N) is 1. The van der Waals surface area contributed by atoms with Crippen molar-refractivity contribution < 1.29 is 9.53 Å². The maximum absolute atomic E-state index is 12.6. The van der Waals surface area contributed by atoms with Gasteiger partial charge in [-0.05, 0) is 37.5 Å². The number of hydrogen-bond donors (Lipinski definition) is 1. The highest BCUT2D eigenvalue weighted by Gasteiger charge is 2.33. The lowest BCUT2D eigenvalue weighted by atomic mass is 10.0. The molecule has 0 saturated heterocycles. The van der Waals surface area contributed by atoms with Crippen LogP contribution in [0, 0.1) is 0 Å². The van der Waals surface area contributed by atoms with E-state index in [1.165, 1.54) is 0 Å². The fourth-order valence-corrected chi connectivity index (χ4v) is 2.63. The van der Waals surface area contributed by atoms with Crippen LogP contribution in [0.4, 0.5) is 5.69 Å². The topological polar surface area (TPSA) is 55.6 Å². The highest BCUT2D eigenvalue weighted by molar-refractivity contribution is 6.00. The van der Waals surface area contributed by atoms with Crippen LogP contribution in [0.15, 0.2) is 18.2 Å². The minimum Gasteiger partial charge on any atom is -0.478 e. The number of anilines is 1. The van der Waals surface area contributed by atoms with E-state index in [2.05, 4.69) is 6.92 Å². The van der Waals surface area contributed by atoms with E-state index in [0.29, 0.717) is 6.42 Å². The lowest BCUT2D eigenvalue weighted by Crippen LogP contribution is -2.46. The van der Waals surface area contributed by atoms with Gasteiger partial charge in [0.2, 0.25) is 0 Å². The van der Waals surface area contributed by atoms with E-state index in [1.807, 2.05) is 36.9 Å². The molecular weight excluding hydrogens is 264 g/mol. The number of unbranched alkanes of at least 4 members (excludes halogenated alkanes) is 2. The molecule has 0 bridgehead atoms. The maximum Gasteiger partial charge on any atom is 0.268 e. The normalized spacial score (nSPS) is 19.1. The zero-order valence-corrected chi connectivity index (χ0v) is 13.3. The Balaban J connectivity index is 2.32. The van der Waals surface area contributed by atoms with Gasteiger partial charge in [-0.25, -0.2) is 0 Å². The average molecular weight is 290 g/mol. The second-order valence-electron chi connectivity index (χ2n) is 5.73. The molecule has 4 heteroatoms. The van der Waals surface area contributed by atoms with Crippen molar-refractivity contribution in [1.82, 2.24) is 0 Å². The van der Waals surface area contributed by atoms with E-state index < -0.39 is 0 Å². The monoisotopic (exact) mass is 290 g/mol. The summed E-state index contributed by atoms with van der Waals surface area (Å²) in [5.41, 5.74) is 7.86. The van der Waals surface area contributed by atoms with Gasteiger partial charge in [-0.1, -0.05) is 32.8 Å². The first-order chi connectivity index (χ1) is 10.1. The van der Waals surface area contributed by atoms with Gasteiger partial charge in [-0.3, -0.25) is 4.79 Å². The SMILES string of the molecule is CCCCCN1C(=O)C(CC)Oc2ccc(C(C)N)cc21. The second-order valence-corrected chi connectivity index (χ2v) is 5.73. The van der Waals surface area contributed by atoms with E-state index in [-0.39, 0.29) is 18.1 Å². The number of amides is 1. The Labute approximate surface area is 127 Å². The molecule has 1 heterocycles. The van der Waals surface area contributed by atoms with Gasteiger partial charge in [0.15, 0.2) is 6.10 Å². The van der Waals surface area contributed by atoms with Crippen molar-refractivity contribution in [1.29, 1.82) is 0 Å². The van der Waals surface area contributed by atoms with Crippen LogP contribution >= 0.6 is 0 Å². The number of benzene rings is 1. The molecule has 0 fully saturated rings. The summed E-state index contributed by atoms with van der Waals surface area (Å²) in [6.07, 6.45) is 3.62. The molecule has 21 heavy (non-hydrogen) atoms. The highest BCUT2D eigenvalue weighted by atomic mass is 16.5. The Morgan fingerprint density at radius 3 is 2.71 bits per heavy atom. The summed E-state index contributed by atoms with van der Waals surface area (Å²) >= 11 is 0. The largest absolute Gasteiger partial charge is 0.478 e. The van der Waals surface area contributed by atoms with Gasteiger partial charge in [0.05, 0.1) is 5.69 Å². The molecule has 0 aliphatic carbocycles. The summed E-state index contributed by atoms with van der Waals surface area (Å²) < 4.78 is 5.83. The zero-order valence-electron chi connectivity index (χ0n) is 13.3. The highest BCUT2D eigenvalue weighted by Crippen LogP contribution is 2.36. The molecule has 116 valence electrons. The fraction of sp³-hybridized carbons (Fsp3) is 0.588. The Hall–Kier alpha value is -1.55. The smallest absolute Gasteiger partial charge is 0.268 e. The van der Waals surface area contributed by atoms with Gasteiger partial charge in [0.1, 0.15) is 5.75 Å². The van der Waals surface area contributed by atoms with Crippen LogP contribution in [0.5, 0.6) is 5.75 Å². The van der Waals surface area contributed by atoms with Gasteiger partial charge in [0, 0.05) is 12.6 Å². The minimum absolute atomic E-state index is 0.0493. The molecule has 2 N–H and O–H groups in total. The molecule has 1 aliphatic rings. The summed E-state index contributed by atoms with van der Waals surface area (Å²) in [4.78, 5) is 14.4. The van der Waals surface area contributed by atoms with Crippen LogP contribution in [-0.4, -0.2) is 18.6 Å². The fourth-order valence-electron chi connectivity index (χ4n) is 2.63. The summed E-state index contributed by atoms with van der Waals surface area (Å²) in [6, 6.07) is 5.87. The van der Waals surface area contributed by atoms with Gasteiger partial charge in [0.25, 0.3) is 5.91 Å². The Bertz CT molecular complexity index is 500.